The van der Waals surface area contributed by atoms with Gasteiger partial charge in [-0.05, 0) is 18.8 Å². The number of nitrogens with zero attached hydrogens (tertiary/aromatic N) is 1. The Kier molecular flexibility index (Phi) is 6.36. The van der Waals surface area contributed by atoms with Crippen molar-refractivity contribution in [1.82, 2.24) is 9.03 Å². The van der Waals surface area contributed by atoms with Crippen molar-refractivity contribution < 1.29 is 13.2 Å². The molecule has 0 radical (unpaired) electrons. The molecule has 0 amide bonds. The van der Waals surface area contributed by atoms with Gasteiger partial charge in [-0.15, -0.1) is 0 Å². The number of nitrogens with one attached hydrogen (secondary N) is 1. The van der Waals surface area contributed by atoms with Crippen molar-refractivity contribution in [2.24, 2.45) is 5.92 Å². The van der Waals surface area contributed by atoms with Crippen molar-refractivity contribution in [1.29, 1.82) is 0 Å². The topological polar surface area (TPSA) is 58.6 Å². The molecule has 1 heterocycles. The number of methoxy groups -OCH3 is 1. The molecular weight excluding hydrogens is 308 g/mol. The highest BCUT2D eigenvalue weighted by Gasteiger charge is 2.26. The smallest absolute Gasteiger partial charge is 0.279 e. The van der Waals surface area contributed by atoms with Gasteiger partial charge in [-0.1, -0.05) is 22.9 Å². The molecule has 1 aliphatic heterocycles. The molecule has 0 saturated carbocycles. The van der Waals surface area contributed by atoms with Crippen LogP contribution < -0.4 is 4.72 Å². The van der Waals surface area contributed by atoms with Gasteiger partial charge in [-0.2, -0.15) is 12.7 Å². The van der Waals surface area contributed by atoms with Crippen molar-refractivity contribution in [3.05, 3.63) is 0 Å². The summed E-state index contributed by atoms with van der Waals surface area (Å²) in [5, 5.41) is 0. The molecule has 5 nitrogen and oxygen atoms in total. The summed E-state index contributed by atoms with van der Waals surface area (Å²) < 4.78 is 33.1. The van der Waals surface area contributed by atoms with E-state index in [0.29, 0.717) is 32.2 Å². The maximum Gasteiger partial charge on any atom is 0.279 e. The number of piperidine rings is 1. The van der Waals surface area contributed by atoms with Crippen LogP contribution in [0.15, 0.2) is 0 Å². The van der Waals surface area contributed by atoms with E-state index in [1.807, 2.05) is 0 Å². The predicted octanol–water partition coefficient (Wildman–Crippen LogP) is 0.963. The van der Waals surface area contributed by atoms with Crippen LogP contribution in [-0.2, 0) is 14.9 Å². The van der Waals surface area contributed by atoms with E-state index in [0.717, 1.165) is 12.8 Å². The van der Waals surface area contributed by atoms with Gasteiger partial charge in [-0.25, -0.2) is 4.72 Å². The molecule has 1 fully saturated rings. The number of hydrogen-bond acceptors (Lipinski definition) is 3. The lowest BCUT2D eigenvalue weighted by molar-refractivity contribution is 0.201. The minimum atomic E-state index is -3.33. The van der Waals surface area contributed by atoms with E-state index in [1.54, 1.807) is 7.11 Å². The van der Waals surface area contributed by atoms with Crippen LogP contribution >= 0.6 is 15.9 Å². The lowest BCUT2D eigenvalue weighted by Gasteiger charge is -2.30. The van der Waals surface area contributed by atoms with E-state index < -0.39 is 10.2 Å². The Labute approximate surface area is 112 Å². The average molecular weight is 329 g/mol. The summed E-state index contributed by atoms with van der Waals surface area (Å²) >= 11 is 3.36. The van der Waals surface area contributed by atoms with Crippen LogP contribution in [0.3, 0.4) is 0 Å². The van der Waals surface area contributed by atoms with Crippen LogP contribution in [0.4, 0.5) is 0 Å². The monoisotopic (exact) mass is 328 g/mol. The van der Waals surface area contributed by atoms with E-state index >= 15 is 0 Å². The standard InChI is InChI=1S/C10H21BrN2O3S/c1-9-4-3-5-13(7-9)17(14,15)12-6-10(11)8-16-2/h9-10,12H,3-8H2,1-2H3. The van der Waals surface area contributed by atoms with E-state index in [-0.39, 0.29) is 4.83 Å². The summed E-state index contributed by atoms with van der Waals surface area (Å²) in [6.07, 6.45) is 2.05. The van der Waals surface area contributed by atoms with Crippen molar-refractivity contribution >= 4 is 26.1 Å². The molecule has 0 aromatic rings. The van der Waals surface area contributed by atoms with E-state index in [1.165, 1.54) is 4.31 Å². The Morgan fingerprint density at radius 3 is 2.88 bits per heavy atom. The molecule has 0 bridgehead atoms. The summed E-state index contributed by atoms with van der Waals surface area (Å²) in [6, 6.07) is 0. The number of hydrogen-bond donors (Lipinski definition) is 1. The second-order valence-corrected chi connectivity index (χ2v) is 7.56. The second-order valence-electron chi connectivity index (χ2n) is 4.51. The number of ether oxygens (including phenoxy) is 1. The quantitative estimate of drug-likeness (QED) is 0.739. The summed E-state index contributed by atoms with van der Waals surface area (Å²) in [5.74, 6) is 0.444. The third-order valence-corrected chi connectivity index (χ3v) is 4.93. The van der Waals surface area contributed by atoms with Gasteiger partial charge in [0.05, 0.1) is 11.4 Å². The molecule has 17 heavy (non-hydrogen) atoms. The lowest BCUT2D eigenvalue weighted by Crippen LogP contribution is -2.47. The first-order valence-corrected chi connectivity index (χ1v) is 8.19. The minimum absolute atomic E-state index is 0.00416. The molecule has 102 valence electrons. The van der Waals surface area contributed by atoms with Gasteiger partial charge >= 0.3 is 0 Å². The SMILES string of the molecule is COCC(Br)CNS(=O)(=O)N1CCCC(C)C1. The highest BCUT2D eigenvalue weighted by atomic mass is 79.9. The summed E-state index contributed by atoms with van der Waals surface area (Å²) in [5.41, 5.74) is 0. The van der Waals surface area contributed by atoms with Gasteiger partial charge in [0.25, 0.3) is 10.2 Å². The fourth-order valence-electron chi connectivity index (χ4n) is 1.89. The number of halogens is 1. The Morgan fingerprint density at radius 2 is 2.29 bits per heavy atom. The summed E-state index contributed by atoms with van der Waals surface area (Å²) in [7, 11) is -1.74. The lowest BCUT2D eigenvalue weighted by atomic mass is 10.0. The average Bonchev–Trinajstić information content (AvgIpc) is 2.27. The van der Waals surface area contributed by atoms with E-state index in [2.05, 4.69) is 27.6 Å². The fraction of sp³-hybridized carbons (Fsp3) is 1.00. The summed E-state index contributed by atoms with van der Waals surface area (Å²) in [4.78, 5) is 0.00416. The first-order chi connectivity index (χ1) is 7.95. The van der Waals surface area contributed by atoms with Crippen molar-refractivity contribution in [3.8, 4) is 0 Å². The molecule has 0 spiro atoms. The van der Waals surface area contributed by atoms with Crippen LogP contribution in [0.1, 0.15) is 19.8 Å². The molecule has 7 heteroatoms. The Bertz CT molecular complexity index is 324. The van der Waals surface area contributed by atoms with Crippen LogP contribution in [0.25, 0.3) is 0 Å². The molecule has 0 aromatic carbocycles. The minimum Gasteiger partial charge on any atom is -0.383 e. The van der Waals surface area contributed by atoms with E-state index in [9.17, 15) is 8.42 Å². The van der Waals surface area contributed by atoms with Crippen LogP contribution in [0.5, 0.6) is 0 Å². The molecule has 1 rings (SSSR count). The van der Waals surface area contributed by atoms with Crippen LogP contribution in [0.2, 0.25) is 0 Å². The highest BCUT2D eigenvalue weighted by Crippen LogP contribution is 2.17. The molecule has 0 aromatic heterocycles. The molecule has 2 unspecified atom stereocenters. The second kappa shape index (κ2) is 7.04. The number of alkyl halides is 1. The molecular formula is C10H21BrN2O3S. The zero-order chi connectivity index (χ0) is 12.9. The van der Waals surface area contributed by atoms with Crippen LogP contribution in [-0.4, -0.2) is 50.9 Å². The summed E-state index contributed by atoms with van der Waals surface area (Å²) in [6.45, 7) is 4.16. The zero-order valence-electron chi connectivity index (χ0n) is 10.4. The molecule has 0 aliphatic carbocycles. The van der Waals surface area contributed by atoms with Gasteiger partial charge in [-0.3, -0.25) is 0 Å². The molecule has 2 atom stereocenters. The molecule has 1 aliphatic rings. The van der Waals surface area contributed by atoms with Crippen molar-refractivity contribution in [3.63, 3.8) is 0 Å². The Morgan fingerprint density at radius 1 is 1.59 bits per heavy atom. The van der Waals surface area contributed by atoms with Gasteiger partial charge in [0.15, 0.2) is 0 Å². The normalized spacial score (nSPS) is 24.8. The first kappa shape index (κ1) is 15.4. The van der Waals surface area contributed by atoms with E-state index in [4.69, 9.17) is 4.74 Å². The molecule has 1 N–H and O–H groups in total. The molecule has 1 saturated heterocycles. The largest absolute Gasteiger partial charge is 0.383 e. The maximum atomic E-state index is 12.0. The van der Waals surface area contributed by atoms with Gasteiger partial charge < -0.3 is 4.74 Å². The van der Waals surface area contributed by atoms with Crippen molar-refractivity contribution in [2.45, 2.75) is 24.6 Å². The van der Waals surface area contributed by atoms with Crippen LogP contribution in [0, 0.1) is 5.92 Å². The Balaban J connectivity index is 2.44. The van der Waals surface area contributed by atoms with Crippen molar-refractivity contribution in [2.75, 3.05) is 33.4 Å². The first-order valence-electron chi connectivity index (χ1n) is 5.83. The zero-order valence-corrected chi connectivity index (χ0v) is 12.8. The predicted molar refractivity (Wildman–Crippen MR) is 71.5 cm³/mol. The van der Waals surface area contributed by atoms with Gasteiger partial charge in [0.2, 0.25) is 0 Å². The fourth-order valence-corrected chi connectivity index (χ4v) is 3.95. The highest BCUT2D eigenvalue weighted by molar-refractivity contribution is 9.09. The maximum absolute atomic E-state index is 12.0. The number of rotatable bonds is 6. The van der Waals surface area contributed by atoms with Gasteiger partial charge in [0.1, 0.15) is 0 Å². The third kappa shape index (κ3) is 5.21. The Hall–Kier alpha value is 0.310. The third-order valence-electron chi connectivity index (χ3n) is 2.79. The van der Waals surface area contributed by atoms with Gasteiger partial charge in [0, 0.05) is 26.7 Å².